The van der Waals surface area contributed by atoms with Gasteiger partial charge in [0.2, 0.25) is 11.8 Å². The van der Waals surface area contributed by atoms with Gasteiger partial charge in [-0.2, -0.15) is 0 Å². The summed E-state index contributed by atoms with van der Waals surface area (Å²) < 4.78 is 0. The van der Waals surface area contributed by atoms with Gasteiger partial charge in [-0.1, -0.05) is 11.8 Å². The number of anilines is 1. The minimum absolute atomic E-state index is 0.0671. The van der Waals surface area contributed by atoms with Crippen LogP contribution in [-0.4, -0.2) is 76.7 Å². The fraction of sp³-hybridized carbons (Fsp3) is 0.333. The first-order chi connectivity index (χ1) is 18.1. The smallest absolute Gasteiger partial charge is 0.268 e. The van der Waals surface area contributed by atoms with E-state index in [2.05, 4.69) is 27.8 Å². The minimum atomic E-state index is -1.30. The molecular weight excluding hydrogens is 490 g/mol. The molecule has 1 unspecified atom stereocenters. The average molecular weight is 522 g/mol. The minimum Gasteiger partial charge on any atom is -0.391 e. The van der Waals surface area contributed by atoms with Gasteiger partial charge in [0.1, 0.15) is 6.04 Å². The van der Waals surface area contributed by atoms with Crippen molar-refractivity contribution < 1.29 is 29.5 Å². The van der Waals surface area contributed by atoms with Gasteiger partial charge in [-0.15, -0.1) is 0 Å². The average Bonchev–Trinajstić information content (AvgIpc) is 3.31. The summed E-state index contributed by atoms with van der Waals surface area (Å²) in [4.78, 5) is 49.5. The van der Waals surface area contributed by atoms with Gasteiger partial charge in [-0.25, -0.2) is 5.48 Å². The first kappa shape index (κ1) is 28.3. The van der Waals surface area contributed by atoms with Gasteiger partial charge in [-0.05, 0) is 61.9 Å². The molecule has 1 saturated heterocycles. The molecule has 2 aromatic carbocycles. The summed E-state index contributed by atoms with van der Waals surface area (Å²) in [6, 6.07) is 12.2. The lowest BCUT2D eigenvalue weighted by Crippen LogP contribution is -2.51. The number of hydroxylamine groups is 1. The highest BCUT2D eigenvalue weighted by molar-refractivity contribution is 5.97. The van der Waals surface area contributed by atoms with Crippen LogP contribution in [-0.2, 0) is 14.4 Å². The number of amides is 4. The van der Waals surface area contributed by atoms with E-state index in [4.69, 9.17) is 5.21 Å². The van der Waals surface area contributed by atoms with Gasteiger partial charge >= 0.3 is 0 Å². The van der Waals surface area contributed by atoms with E-state index in [0.29, 0.717) is 17.8 Å². The van der Waals surface area contributed by atoms with Crippen molar-refractivity contribution in [2.75, 3.05) is 25.0 Å². The third-order valence-electron chi connectivity index (χ3n) is 5.88. The summed E-state index contributed by atoms with van der Waals surface area (Å²) in [6.45, 7) is 4.46. The molecule has 0 spiro atoms. The van der Waals surface area contributed by atoms with E-state index in [0.717, 1.165) is 18.5 Å². The van der Waals surface area contributed by atoms with Crippen molar-refractivity contribution in [3.05, 3.63) is 65.2 Å². The SMILES string of the molecule is CC(=O)NC1CCN(CC(=O)Nc2ccc(C#Cc3ccc(C(=O)N[C@H](C(=O)NO)[C@@H](C)O)cc3)cc2)C1. The van der Waals surface area contributed by atoms with Crippen LogP contribution >= 0.6 is 0 Å². The Bertz CT molecular complexity index is 1220. The summed E-state index contributed by atoms with van der Waals surface area (Å²) in [5.74, 6) is 4.30. The van der Waals surface area contributed by atoms with E-state index in [1.165, 1.54) is 31.5 Å². The molecule has 3 atom stereocenters. The van der Waals surface area contributed by atoms with Crippen molar-refractivity contribution in [1.82, 2.24) is 21.0 Å². The molecule has 0 bridgehead atoms. The zero-order valence-electron chi connectivity index (χ0n) is 21.2. The highest BCUT2D eigenvalue weighted by Gasteiger charge is 2.26. The number of rotatable bonds is 8. The molecule has 0 aromatic heterocycles. The van der Waals surface area contributed by atoms with Crippen molar-refractivity contribution in [2.24, 2.45) is 0 Å². The van der Waals surface area contributed by atoms with Crippen molar-refractivity contribution in [3.8, 4) is 11.8 Å². The number of carbonyl (C=O) groups is 4. The van der Waals surface area contributed by atoms with Gasteiger partial charge < -0.3 is 21.1 Å². The molecule has 2 aromatic rings. The molecular formula is C27H31N5O6. The number of hydrogen-bond acceptors (Lipinski definition) is 7. The van der Waals surface area contributed by atoms with Gasteiger partial charge in [0.15, 0.2) is 0 Å². The first-order valence-corrected chi connectivity index (χ1v) is 12.1. The van der Waals surface area contributed by atoms with Gasteiger partial charge in [0.25, 0.3) is 11.8 Å². The molecule has 11 heteroatoms. The predicted octanol–water partition coefficient (Wildman–Crippen LogP) is 0.220. The molecule has 1 aliphatic rings. The second kappa shape index (κ2) is 13.3. The molecule has 4 amide bonds. The number of benzene rings is 2. The second-order valence-corrected chi connectivity index (χ2v) is 9.04. The fourth-order valence-corrected chi connectivity index (χ4v) is 3.97. The highest BCUT2D eigenvalue weighted by atomic mass is 16.5. The topological polar surface area (TPSA) is 160 Å². The molecule has 1 fully saturated rings. The molecule has 3 rings (SSSR count). The van der Waals surface area contributed by atoms with Gasteiger partial charge in [0, 0.05) is 48.4 Å². The van der Waals surface area contributed by atoms with Crippen LogP contribution in [0.3, 0.4) is 0 Å². The Morgan fingerprint density at radius 2 is 1.63 bits per heavy atom. The molecule has 1 aliphatic heterocycles. The first-order valence-electron chi connectivity index (χ1n) is 12.1. The third kappa shape index (κ3) is 8.41. The van der Waals surface area contributed by atoms with Crippen LogP contribution in [0.5, 0.6) is 0 Å². The quantitative estimate of drug-likeness (QED) is 0.165. The number of nitrogens with one attached hydrogen (secondary N) is 4. The normalized spacial score (nSPS) is 16.4. The molecule has 200 valence electrons. The lowest BCUT2D eigenvalue weighted by molar-refractivity contribution is -0.133. The van der Waals surface area contributed by atoms with E-state index < -0.39 is 24.0 Å². The van der Waals surface area contributed by atoms with E-state index in [9.17, 15) is 24.3 Å². The maximum atomic E-state index is 12.4. The summed E-state index contributed by atoms with van der Waals surface area (Å²) in [7, 11) is 0. The van der Waals surface area contributed by atoms with E-state index in [1.807, 2.05) is 4.90 Å². The number of carbonyl (C=O) groups excluding carboxylic acids is 4. The van der Waals surface area contributed by atoms with Crippen molar-refractivity contribution >= 4 is 29.3 Å². The Morgan fingerprint density at radius 1 is 1.03 bits per heavy atom. The van der Waals surface area contributed by atoms with Crippen LogP contribution in [0, 0.1) is 11.8 Å². The molecule has 6 N–H and O–H groups in total. The molecule has 1 heterocycles. The maximum Gasteiger partial charge on any atom is 0.268 e. The summed E-state index contributed by atoms with van der Waals surface area (Å²) in [5.41, 5.74) is 3.71. The molecule has 0 saturated carbocycles. The molecule has 11 nitrogen and oxygen atoms in total. The maximum absolute atomic E-state index is 12.4. The van der Waals surface area contributed by atoms with Crippen LogP contribution in [0.4, 0.5) is 5.69 Å². The van der Waals surface area contributed by atoms with E-state index in [1.54, 1.807) is 36.4 Å². The lowest BCUT2D eigenvalue weighted by atomic mass is 10.1. The summed E-state index contributed by atoms with van der Waals surface area (Å²) in [6.07, 6.45) is -0.381. The largest absolute Gasteiger partial charge is 0.391 e. The lowest BCUT2D eigenvalue weighted by Gasteiger charge is -2.19. The monoisotopic (exact) mass is 521 g/mol. The Balaban J connectivity index is 1.51. The molecule has 0 aliphatic carbocycles. The van der Waals surface area contributed by atoms with Crippen molar-refractivity contribution in [1.29, 1.82) is 0 Å². The van der Waals surface area contributed by atoms with Gasteiger partial charge in [0.05, 0.1) is 12.6 Å². The Morgan fingerprint density at radius 3 is 2.18 bits per heavy atom. The number of hydrogen-bond donors (Lipinski definition) is 6. The predicted molar refractivity (Wildman–Crippen MR) is 139 cm³/mol. The highest BCUT2D eigenvalue weighted by Crippen LogP contribution is 2.12. The standard InChI is InChI=1S/C27H31N5O6/c1-17(33)25(27(37)31-38)30-26(36)21-9-5-19(6-10-21)3-4-20-7-11-22(12-8-20)29-24(35)16-32-14-13-23(15-32)28-18(2)34/h5-12,17,23,25,33,38H,13-16H2,1-2H3,(H,28,34)(H,29,35)(H,30,36)(H,31,37)/t17-,23?,25+/m1/s1. The van der Waals surface area contributed by atoms with E-state index in [-0.39, 0.29) is 30.0 Å². The van der Waals surface area contributed by atoms with E-state index >= 15 is 0 Å². The summed E-state index contributed by atoms with van der Waals surface area (Å²) >= 11 is 0. The number of aliphatic hydroxyl groups is 1. The zero-order chi connectivity index (χ0) is 27.7. The van der Waals surface area contributed by atoms with Gasteiger partial charge in [-0.3, -0.25) is 29.3 Å². The number of nitrogens with zero attached hydrogens (tertiary/aromatic N) is 1. The Labute approximate surface area is 220 Å². The van der Waals surface area contributed by atoms with Crippen LogP contribution < -0.4 is 21.4 Å². The van der Waals surface area contributed by atoms with Crippen LogP contribution in [0.15, 0.2) is 48.5 Å². The Kier molecular flexibility index (Phi) is 9.95. The number of aliphatic hydroxyl groups excluding tert-OH is 1. The molecule has 38 heavy (non-hydrogen) atoms. The Hall–Kier alpha value is -4.24. The fourth-order valence-electron chi connectivity index (χ4n) is 3.97. The van der Waals surface area contributed by atoms with Crippen LogP contribution in [0.25, 0.3) is 0 Å². The van der Waals surface area contributed by atoms with Crippen LogP contribution in [0.1, 0.15) is 41.8 Å². The number of likely N-dealkylation sites (tertiary alicyclic amines) is 1. The van der Waals surface area contributed by atoms with Crippen molar-refractivity contribution in [3.63, 3.8) is 0 Å². The van der Waals surface area contributed by atoms with Crippen molar-refractivity contribution in [2.45, 2.75) is 38.5 Å². The third-order valence-corrected chi connectivity index (χ3v) is 5.88. The summed E-state index contributed by atoms with van der Waals surface area (Å²) in [5, 5.41) is 26.5. The molecule has 0 radical (unpaired) electrons. The zero-order valence-corrected chi connectivity index (χ0v) is 21.2. The van der Waals surface area contributed by atoms with Crippen LogP contribution in [0.2, 0.25) is 0 Å². The second-order valence-electron chi connectivity index (χ2n) is 9.04.